The summed E-state index contributed by atoms with van der Waals surface area (Å²) in [5.41, 5.74) is 5.85. The van der Waals surface area contributed by atoms with Gasteiger partial charge in [0, 0.05) is 6.54 Å². The number of carboxylic acid groups (broad SMARTS) is 1. The van der Waals surface area contributed by atoms with Gasteiger partial charge < -0.3 is 20.6 Å². The van der Waals surface area contributed by atoms with Crippen LogP contribution in [0.4, 0.5) is 4.79 Å². The summed E-state index contributed by atoms with van der Waals surface area (Å²) in [4.78, 5) is 22.4. The summed E-state index contributed by atoms with van der Waals surface area (Å²) in [6.07, 6.45) is 4.59. The van der Waals surface area contributed by atoms with E-state index in [4.69, 9.17) is 15.3 Å². The Labute approximate surface area is 126 Å². The topological polar surface area (TPSA) is 136 Å². The van der Waals surface area contributed by atoms with Gasteiger partial charge >= 0.3 is 12.0 Å². The highest BCUT2D eigenvalue weighted by Crippen LogP contribution is 2.15. The van der Waals surface area contributed by atoms with Crippen molar-refractivity contribution in [1.29, 1.82) is 0 Å². The van der Waals surface area contributed by atoms with Gasteiger partial charge in [0.1, 0.15) is 11.7 Å². The second-order valence-corrected chi connectivity index (χ2v) is 4.70. The van der Waals surface area contributed by atoms with E-state index in [1.165, 1.54) is 12.5 Å². The molecule has 9 nitrogen and oxygen atoms in total. The first-order valence-electron chi connectivity index (χ1n) is 6.80. The van der Waals surface area contributed by atoms with Crippen LogP contribution >= 0.6 is 0 Å². The van der Waals surface area contributed by atoms with Crippen LogP contribution in [0.5, 0.6) is 0 Å². The van der Waals surface area contributed by atoms with Crippen molar-refractivity contribution >= 4 is 12.0 Å². The molecule has 0 aromatic carbocycles. The molecule has 0 aliphatic carbocycles. The largest absolute Gasteiger partial charge is 0.480 e. The Balaban J connectivity index is 1.73. The van der Waals surface area contributed by atoms with E-state index in [0.717, 1.165) is 4.68 Å². The Morgan fingerprint density at radius 1 is 1.45 bits per heavy atom. The molecule has 0 unspecified atom stereocenters. The monoisotopic (exact) mass is 307 g/mol. The van der Waals surface area contributed by atoms with E-state index in [-0.39, 0.29) is 0 Å². The van der Waals surface area contributed by atoms with E-state index < -0.39 is 18.0 Å². The predicted octanol–water partition coefficient (Wildman–Crippen LogP) is 0.678. The van der Waals surface area contributed by atoms with Crippen LogP contribution in [-0.2, 0) is 4.79 Å². The smallest absolute Gasteiger partial charge is 0.343 e. The van der Waals surface area contributed by atoms with E-state index in [2.05, 4.69) is 15.6 Å². The van der Waals surface area contributed by atoms with Crippen LogP contribution < -0.4 is 11.1 Å². The van der Waals surface area contributed by atoms with E-state index >= 15 is 0 Å². The third-order valence-corrected chi connectivity index (χ3v) is 3.01. The maximum absolute atomic E-state index is 11.8. The fraction of sp³-hybridized carbons (Fsp3) is 0.385. The molecule has 0 radical (unpaired) electrons. The minimum Gasteiger partial charge on any atom is -0.480 e. The molecule has 0 saturated carbocycles. The molecule has 0 aliphatic heterocycles. The Bertz CT molecular complexity index is 622. The number of nitrogens with one attached hydrogen (secondary N) is 1. The Morgan fingerprint density at radius 2 is 2.27 bits per heavy atom. The SMILES string of the molecule is N[C@@H](CCCCNC(=O)n1cc(-c2ccco2)nn1)C(=O)O. The molecule has 9 heteroatoms. The van der Waals surface area contributed by atoms with Crippen molar-refractivity contribution in [2.45, 2.75) is 25.3 Å². The molecule has 2 rings (SSSR count). The molecular formula is C13H17N5O4. The number of carboxylic acids is 1. The highest BCUT2D eigenvalue weighted by Gasteiger charge is 2.12. The number of carbonyl (C=O) groups is 2. The van der Waals surface area contributed by atoms with Crippen LogP contribution in [-0.4, -0.2) is 44.7 Å². The molecule has 22 heavy (non-hydrogen) atoms. The van der Waals surface area contributed by atoms with Crippen LogP contribution in [0.2, 0.25) is 0 Å². The number of amides is 1. The molecule has 1 atom stereocenters. The van der Waals surface area contributed by atoms with Crippen LogP contribution in [0, 0.1) is 0 Å². The van der Waals surface area contributed by atoms with Crippen molar-refractivity contribution in [1.82, 2.24) is 20.3 Å². The fourth-order valence-corrected chi connectivity index (χ4v) is 1.79. The Hall–Kier alpha value is -2.68. The van der Waals surface area contributed by atoms with Gasteiger partial charge in [-0.3, -0.25) is 4.79 Å². The quantitative estimate of drug-likeness (QED) is 0.640. The number of hydrogen-bond donors (Lipinski definition) is 3. The second kappa shape index (κ2) is 7.36. The van der Waals surface area contributed by atoms with Crippen molar-refractivity contribution in [2.75, 3.05) is 6.54 Å². The summed E-state index contributed by atoms with van der Waals surface area (Å²) in [5, 5.41) is 18.9. The van der Waals surface area contributed by atoms with Gasteiger partial charge in [-0.25, -0.2) is 4.79 Å². The first-order chi connectivity index (χ1) is 10.6. The van der Waals surface area contributed by atoms with Crippen molar-refractivity contribution in [3.8, 4) is 11.5 Å². The molecule has 2 aromatic rings. The fourth-order valence-electron chi connectivity index (χ4n) is 1.79. The zero-order chi connectivity index (χ0) is 15.9. The summed E-state index contributed by atoms with van der Waals surface area (Å²) in [5.74, 6) is -0.487. The highest BCUT2D eigenvalue weighted by molar-refractivity contribution is 5.76. The third-order valence-electron chi connectivity index (χ3n) is 3.01. The van der Waals surface area contributed by atoms with Gasteiger partial charge in [-0.1, -0.05) is 5.21 Å². The molecule has 2 aromatic heterocycles. The van der Waals surface area contributed by atoms with E-state index in [1.807, 2.05) is 0 Å². The molecule has 0 fully saturated rings. The molecular weight excluding hydrogens is 290 g/mol. The van der Waals surface area contributed by atoms with Gasteiger partial charge in [-0.2, -0.15) is 4.68 Å². The number of carbonyl (C=O) groups excluding carboxylic acids is 1. The Kier molecular flexibility index (Phi) is 5.26. The van der Waals surface area contributed by atoms with Gasteiger partial charge in [0.05, 0.1) is 12.5 Å². The number of rotatable bonds is 7. The number of furan rings is 1. The predicted molar refractivity (Wildman–Crippen MR) is 76.0 cm³/mol. The molecule has 1 amide bonds. The molecule has 2 heterocycles. The van der Waals surface area contributed by atoms with Crippen LogP contribution in [0.1, 0.15) is 19.3 Å². The minimum absolute atomic E-state index is 0.372. The third kappa shape index (κ3) is 4.16. The molecule has 4 N–H and O–H groups in total. The maximum atomic E-state index is 11.8. The molecule has 0 bridgehead atoms. The zero-order valence-electron chi connectivity index (χ0n) is 11.8. The first-order valence-corrected chi connectivity index (χ1v) is 6.80. The van der Waals surface area contributed by atoms with E-state index in [1.54, 1.807) is 12.1 Å². The standard InChI is InChI=1S/C13H17N5O4/c14-9(12(19)20)4-1-2-6-15-13(21)18-8-10(16-17-18)11-5-3-7-22-11/h3,5,7-9H,1-2,4,6,14H2,(H,15,21)(H,19,20)/t9-/m0/s1. The van der Waals surface area contributed by atoms with E-state index in [0.29, 0.717) is 37.3 Å². The number of unbranched alkanes of at least 4 members (excludes halogenated alkanes) is 1. The number of hydrogen-bond acceptors (Lipinski definition) is 6. The van der Waals surface area contributed by atoms with Gasteiger partial charge in [-0.15, -0.1) is 5.10 Å². The highest BCUT2D eigenvalue weighted by atomic mass is 16.4. The molecule has 118 valence electrons. The maximum Gasteiger partial charge on any atom is 0.343 e. The molecule has 0 spiro atoms. The minimum atomic E-state index is -1.02. The second-order valence-electron chi connectivity index (χ2n) is 4.70. The first kappa shape index (κ1) is 15.7. The average Bonchev–Trinajstić information content (AvgIpc) is 3.16. The summed E-state index contributed by atoms with van der Waals surface area (Å²) in [7, 11) is 0. The van der Waals surface area contributed by atoms with Crippen LogP contribution in [0.3, 0.4) is 0 Å². The summed E-state index contributed by atoms with van der Waals surface area (Å²) >= 11 is 0. The lowest BCUT2D eigenvalue weighted by atomic mass is 10.1. The Morgan fingerprint density at radius 3 is 2.95 bits per heavy atom. The van der Waals surface area contributed by atoms with Crippen molar-refractivity contribution in [2.24, 2.45) is 5.73 Å². The lowest BCUT2D eigenvalue weighted by Crippen LogP contribution is -2.31. The summed E-state index contributed by atoms with van der Waals surface area (Å²) in [6, 6.07) is 2.17. The van der Waals surface area contributed by atoms with Crippen molar-refractivity contribution < 1.29 is 19.1 Å². The van der Waals surface area contributed by atoms with Gasteiger partial charge in [0.15, 0.2) is 5.76 Å². The number of aromatic nitrogens is 3. The van der Waals surface area contributed by atoms with Crippen molar-refractivity contribution in [3.63, 3.8) is 0 Å². The van der Waals surface area contributed by atoms with Gasteiger partial charge in [-0.05, 0) is 31.4 Å². The van der Waals surface area contributed by atoms with Gasteiger partial charge in [0.25, 0.3) is 0 Å². The number of nitrogens with zero attached hydrogens (tertiary/aromatic N) is 3. The summed E-state index contributed by atoms with van der Waals surface area (Å²) < 4.78 is 6.24. The van der Waals surface area contributed by atoms with Gasteiger partial charge in [0.2, 0.25) is 0 Å². The molecule has 0 aliphatic rings. The lowest BCUT2D eigenvalue weighted by Gasteiger charge is -2.06. The number of nitrogens with two attached hydrogens (primary N) is 1. The van der Waals surface area contributed by atoms with Crippen LogP contribution in [0.15, 0.2) is 29.0 Å². The van der Waals surface area contributed by atoms with Crippen LogP contribution in [0.25, 0.3) is 11.5 Å². The lowest BCUT2D eigenvalue weighted by molar-refractivity contribution is -0.138. The number of aliphatic carboxylic acids is 1. The molecule has 0 saturated heterocycles. The van der Waals surface area contributed by atoms with Crippen molar-refractivity contribution in [3.05, 3.63) is 24.6 Å². The van der Waals surface area contributed by atoms with E-state index in [9.17, 15) is 9.59 Å². The normalized spacial score (nSPS) is 12.0. The summed E-state index contributed by atoms with van der Waals surface area (Å²) in [6.45, 7) is 0.404. The average molecular weight is 307 g/mol. The zero-order valence-corrected chi connectivity index (χ0v) is 11.8.